The fourth-order valence-corrected chi connectivity index (χ4v) is 2.10. The highest BCUT2D eigenvalue weighted by Crippen LogP contribution is 2.22. The number of esters is 1. The van der Waals surface area contributed by atoms with Gasteiger partial charge in [0.25, 0.3) is 5.91 Å². The first-order valence-electron chi connectivity index (χ1n) is 6.83. The van der Waals surface area contributed by atoms with Crippen molar-refractivity contribution >= 4 is 11.9 Å². The lowest BCUT2D eigenvalue weighted by atomic mass is 10.1. The Kier molecular flexibility index (Phi) is 5.12. The number of rotatable bonds is 5. The normalized spacial score (nSPS) is 19.4. The molecule has 5 nitrogen and oxygen atoms in total. The molecule has 0 aliphatic carbocycles. The van der Waals surface area contributed by atoms with E-state index in [0.29, 0.717) is 31.7 Å². The van der Waals surface area contributed by atoms with E-state index < -0.39 is 6.10 Å². The van der Waals surface area contributed by atoms with E-state index in [2.05, 4.69) is 5.32 Å². The quantitative estimate of drug-likeness (QED) is 0.827. The largest absolute Gasteiger partial charge is 0.447 e. The Labute approximate surface area is 118 Å². The Morgan fingerprint density at radius 1 is 1.40 bits per heavy atom. The molecule has 1 aromatic carbocycles. The van der Waals surface area contributed by atoms with Gasteiger partial charge in [0.15, 0.2) is 0 Å². The van der Waals surface area contributed by atoms with Crippen molar-refractivity contribution in [2.24, 2.45) is 5.92 Å². The maximum atomic E-state index is 12.1. The summed E-state index contributed by atoms with van der Waals surface area (Å²) in [5, 5.41) is 2.69. The molecular formula is C15H19NO4. The van der Waals surface area contributed by atoms with E-state index in [9.17, 15) is 9.59 Å². The van der Waals surface area contributed by atoms with Crippen LogP contribution in [0.2, 0.25) is 0 Å². The molecule has 108 valence electrons. The van der Waals surface area contributed by atoms with Crippen molar-refractivity contribution in [3.63, 3.8) is 0 Å². The van der Waals surface area contributed by atoms with Crippen LogP contribution in [0.25, 0.3) is 0 Å². The summed E-state index contributed by atoms with van der Waals surface area (Å²) in [4.78, 5) is 24.1. The van der Waals surface area contributed by atoms with Crippen LogP contribution in [0.15, 0.2) is 30.3 Å². The van der Waals surface area contributed by atoms with Crippen LogP contribution in [-0.4, -0.2) is 31.6 Å². The third-order valence-corrected chi connectivity index (χ3v) is 3.19. The molecule has 1 amide bonds. The summed E-state index contributed by atoms with van der Waals surface area (Å²) >= 11 is 0. The van der Waals surface area contributed by atoms with Crippen molar-refractivity contribution in [2.45, 2.75) is 19.4 Å². The first-order chi connectivity index (χ1) is 9.72. The Morgan fingerprint density at radius 2 is 2.15 bits per heavy atom. The number of ether oxygens (including phenoxy) is 2. The average Bonchev–Trinajstić information content (AvgIpc) is 3.00. The zero-order chi connectivity index (χ0) is 14.4. The van der Waals surface area contributed by atoms with Crippen molar-refractivity contribution in [1.82, 2.24) is 5.32 Å². The molecule has 1 aliphatic rings. The Balaban J connectivity index is 2.10. The van der Waals surface area contributed by atoms with Crippen LogP contribution in [0.1, 0.15) is 25.0 Å². The second-order valence-corrected chi connectivity index (χ2v) is 4.68. The summed E-state index contributed by atoms with van der Waals surface area (Å²) in [6, 6.07) is 9.03. The number of carbonyl (C=O) groups excluding carboxylic acids is 2. The topological polar surface area (TPSA) is 64.6 Å². The molecule has 20 heavy (non-hydrogen) atoms. The van der Waals surface area contributed by atoms with Crippen LogP contribution in [0.4, 0.5) is 0 Å². The van der Waals surface area contributed by atoms with Gasteiger partial charge >= 0.3 is 5.97 Å². The van der Waals surface area contributed by atoms with Crippen LogP contribution in [-0.2, 0) is 19.1 Å². The van der Waals surface area contributed by atoms with Gasteiger partial charge in [0.05, 0.1) is 12.5 Å². The van der Waals surface area contributed by atoms with Crippen LogP contribution < -0.4 is 5.32 Å². The smallest absolute Gasteiger partial charge is 0.312 e. The van der Waals surface area contributed by atoms with E-state index in [1.54, 1.807) is 12.1 Å². The predicted molar refractivity (Wildman–Crippen MR) is 72.9 cm³/mol. The van der Waals surface area contributed by atoms with Crippen molar-refractivity contribution in [3.8, 4) is 0 Å². The van der Waals surface area contributed by atoms with Gasteiger partial charge in [-0.1, -0.05) is 30.3 Å². The highest BCUT2D eigenvalue weighted by molar-refractivity contribution is 5.85. The van der Waals surface area contributed by atoms with Crippen molar-refractivity contribution in [1.29, 1.82) is 0 Å². The lowest BCUT2D eigenvalue weighted by Gasteiger charge is -2.19. The van der Waals surface area contributed by atoms with Crippen LogP contribution in [0, 0.1) is 5.92 Å². The minimum Gasteiger partial charge on any atom is -0.447 e. The second kappa shape index (κ2) is 7.05. The molecule has 0 bridgehead atoms. The molecule has 1 fully saturated rings. The van der Waals surface area contributed by atoms with Gasteiger partial charge < -0.3 is 14.8 Å². The molecule has 2 unspecified atom stereocenters. The first kappa shape index (κ1) is 14.5. The van der Waals surface area contributed by atoms with E-state index >= 15 is 0 Å². The molecule has 2 rings (SSSR count). The van der Waals surface area contributed by atoms with Gasteiger partial charge in [0.2, 0.25) is 6.10 Å². The molecule has 1 N–H and O–H groups in total. The van der Waals surface area contributed by atoms with Gasteiger partial charge in [0, 0.05) is 18.7 Å². The number of amides is 1. The van der Waals surface area contributed by atoms with Crippen LogP contribution in [0.3, 0.4) is 0 Å². The van der Waals surface area contributed by atoms with Gasteiger partial charge in [-0.25, -0.2) is 0 Å². The lowest BCUT2D eigenvalue weighted by Crippen LogP contribution is -2.33. The SMILES string of the molecule is CCNC(=O)C(OC(=O)C1CCOC1)c1ccccc1. The molecule has 1 aromatic rings. The molecule has 1 aliphatic heterocycles. The molecule has 2 atom stereocenters. The van der Waals surface area contributed by atoms with Crippen LogP contribution >= 0.6 is 0 Å². The second-order valence-electron chi connectivity index (χ2n) is 4.68. The summed E-state index contributed by atoms with van der Waals surface area (Å²) in [7, 11) is 0. The fraction of sp³-hybridized carbons (Fsp3) is 0.467. The minimum absolute atomic E-state index is 0.268. The maximum Gasteiger partial charge on any atom is 0.312 e. The first-order valence-corrected chi connectivity index (χ1v) is 6.83. The van der Waals surface area contributed by atoms with Gasteiger partial charge in [0.1, 0.15) is 0 Å². The van der Waals surface area contributed by atoms with E-state index in [-0.39, 0.29) is 17.8 Å². The fourth-order valence-electron chi connectivity index (χ4n) is 2.10. The van der Waals surface area contributed by atoms with Gasteiger partial charge in [-0.05, 0) is 13.3 Å². The van der Waals surface area contributed by atoms with E-state index in [0.717, 1.165) is 0 Å². The highest BCUT2D eigenvalue weighted by atomic mass is 16.6. The molecule has 0 saturated carbocycles. The number of hydrogen-bond donors (Lipinski definition) is 1. The molecule has 1 saturated heterocycles. The summed E-state index contributed by atoms with van der Waals surface area (Å²) in [6.07, 6.45) is -0.250. The Morgan fingerprint density at radius 3 is 2.75 bits per heavy atom. The van der Waals surface area contributed by atoms with Gasteiger partial charge in [-0.15, -0.1) is 0 Å². The molecule has 0 aromatic heterocycles. The zero-order valence-corrected chi connectivity index (χ0v) is 11.5. The molecule has 5 heteroatoms. The lowest BCUT2D eigenvalue weighted by molar-refractivity contribution is -0.160. The van der Waals surface area contributed by atoms with E-state index in [1.165, 1.54) is 0 Å². The van der Waals surface area contributed by atoms with Crippen molar-refractivity contribution in [3.05, 3.63) is 35.9 Å². The third-order valence-electron chi connectivity index (χ3n) is 3.19. The highest BCUT2D eigenvalue weighted by Gasteiger charge is 2.30. The summed E-state index contributed by atoms with van der Waals surface area (Å²) in [6.45, 7) is 3.26. The summed E-state index contributed by atoms with van der Waals surface area (Å²) in [5.41, 5.74) is 0.672. The number of benzene rings is 1. The average molecular weight is 277 g/mol. The number of hydrogen-bond acceptors (Lipinski definition) is 4. The molecule has 0 radical (unpaired) electrons. The third kappa shape index (κ3) is 3.57. The van der Waals surface area contributed by atoms with Crippen molar-refractivity contribution < 1.29 is 19.1 Å². The standard InChI is InChI=1S/C15H19NO4/c1-2-16-14(17)13(11-6-4-3-5-7-11)20-15(18)12-8-9-19-10-12/h3-7,12-13H,2,8-10H2,1H3,(H,16,17). The Bertz CT molecular complexity index is 454. The number of carbonyl (C=O) groups is 2. The van der Waals surface area contributed by atoms with Crippen molar-refractivity contribution in [2.75, 3.05) is 19.8 Å². The van der Waals surface area contributed by atoms with Crippen LogP contribution in [0.5, 0.6) is 0 Å². The molecule has 1 heterocycles. The molecule has 0 spiro atoms. The molecular weight excluding hydrogens is 258 g/mol. The van der Waals surface area contributed by atoms with Gasteiger partial charge in [-0.2, -0.15) is 0 Å². The zero-order valence-electron chi connectivity index (χ0n) is 11.5. The predicted octanol–water partition coefficient (Wildman–Crippen LogP) is 1.44. The summed E-state index contributed by atoms with van der Waals surface area (Å²) in [5.74, 6) is -0.941. The monoisotopic (exact) mass is 277 g/mol. The van der Waals surface area contributed by atoms with E-state index in [4.69, 9.17) is 9.47 Å². The Hall–Kier alpha value is -1.88. The van der Waals surface area contributed by atoms with Gasteiger partial charge in [-0.3, -0.25) is 9.59 Å². The maximum absolute atomic E-state index is 12.1. The number of nitrogens with one attached hydrogen (secondary N) is 1. The van der Waals surface area contributed by atoms with E-state index in [1.807, 2.05) is 25.1 Å². The summed E-state index contributed by atoms with van der Waals surface area (Å²) < 4.78 is 10.6. The number of likely N-dealkylation sites (N-methyl/N-ethyl adjacent to an activating group) is 1. The minimum atomic E-state index is -0.899.